The second-order valence-electron chi connectivity index (χ2n) is 4.07. The van der Waals surface area contributed by atoms with E-state index in [0.717, 1.165) is 24.4 Å². The standard InChI is InChI=1S/C11H17ClN2OS.ClH/c12-11-14-7-10(16-11)8-15-6-4-9-3-1-2-5-13-9;/h7,9,13H,1-6,8H2;1H. The number of hydrogen-bond acceptors (Lipinski definition) is 4. The van der Waals surface area contributed by atoms with Crippen LogP contribution in [0.25, 0.3) is 0 Å². The highest BCUT2D eigenvalue weighted by molar-refractivity contribution is 7.15. The van der Waals surface area contributed by atoms with Gasteiger partial charge in [-0.25, -0.2) is 4.98 Å². The van der Waals surface area contributed by atoms with Gasteiger partial charge in [0.05, 0.1) is 11.5 Å². The summed E-state index contributed by atoms with van der Waals surface area (Å²) in [6.07, 6.45) is 6.84. The maximum absolute atomic E-state index is 5.74. The van der Waals surface area contributed by atoms with E-state index in [2.05, 4.69) is 10.3 Å². The summed E-state index contributed by atoms with van der Waals surface area (Å²) in [6.45, 7) is 2.61. The van der Waals surface area contributed by atoms with Gasteiger partial charge in [0.2, 0.25) is 0 Å². The smallest absolute Gasteiger partial charge is 0.183 e. The maximum atomic E-state index is 5.74. The van der Waals surface area contributed by atoms with Crippen LogP contribution in [0.4, 0.5) is 0 Å². The van der Waals surface area contributed by atoms with Gasteiger partial charge in [-0.1, -0.05) is 18.0 Å². The lowest BCUT2D eigenvalue weighted by Gasteiger charge is -2.23. The van der Waals surface area contributed by atoms with Gasteiger partial charge in [-0.3, -0.25) is 0 Å². The Labute approximate surface area is 117 Å². The molecule has 1 aliphatic heterocycles. The molecule has 1 aromatic rings. The molecule has 2 heterocycles. The molecule has 1 aromatic heterocycles. The summed E-state index contributed by atoms with van der Waals surface area (Å²) in [5.74, 6) is 0. The molecule has 0 radical (unpaired) electrons. The molecule has 98 valence electrons. The first-order valence-electron chi connectivity index (χ1n) is 5.76. The van der Waals surface area contributed by atoms with E-state index in [0.29, 0.717) is 17.1 Å². The average molecular weight is 297 g/mol. The van der Waals surface area contributed by atoms with E-state index in [-0.39, 0.29) is 12.4 Å². The van der Waals surface area contributed by atoms with Crippen molar-refractivity contribution in [2.45, 2.75) is 38.3 Å². The third-order valence-corrected chi connectivity index (χ3v) is 3.88. The summed E-state index contributed by atoms with van der Waals surface area (Å²) in [4.78, 5) is 5.08. The quantitative estimate of drug-likeness (QED) is 0.847. The highest BCUT2D eigenvalue weighted by atomic mass is 35.5. The fraction of sp³-hybridized carbons (Fsp3) is 0.727. The zero-order valence-electron chi connectivity index (χ0n) is 9.65. The van der Waals surface area contributed by atoms with Gasteiger partial charge in [0.25, 0.3) is 0 Å². The summed E-state index contributed by atoms with van der Waals surface area (Å²) < 4.78 is 6.20. The Morgan fingerprint density at radius 1 is 1.53 bits per heavy atom. The predicted octanol–water partition coefficient (Wildman–Crippen LogP) is 3.27. The first kappa shape index (κ1) is 15.2. The Balaban J connectivity index is 0.00000144. The van der Waals surface area contributed by atoms with Crippen molar-refractivity contribution in [1.82, 2.24) is 10.3 Å². The molecule has 3 nitrogen and oxygen atoms in total. The first-order valence-corrected chi connectivity index (χ1v) is 6.95. The number of ether oxygens (including phenoxy) is 1. The van der Waals surface area contributed by atoms with Crippen LogP contribution in [0.2, 0.25) is 4.47 Å². The lowest BCUT2D eigenvalue weighted by molar-refractivity contribution is 0.110. The van der Waals surface area contributed by atoms with Crippen molar-refractivity contribution in [1.29, 1.82) is 0 Å². The SMILES string of the molecule is Cl.Clc1ncc(COCCC2CCCCN2)s1. The Morgan fingerprint density at radius 3 is 3.06 bits per heavy atom. The number of piperidine rings is 1. The van der Waals surface area contributed by atoms with Gasteiger partial charge in [-0.15, -0.1) is 23.7 Å². The van der Waals surface area contributed by atoms with Crippen LogP contribution in [0.1, 0.15) is 30.6 Å². The molecule has 1 atom stereocenters. The fourth-order valence-electron chi connectivity index (χ4n) is 1.92. The van der Waals surface area contributed by atoms with E-state index < -0.39 is 0 Å². The van der Waals surface area contributed by atoms with Crippen molar-refractivity contribution in [2.75, 3.05) is 13.2 Å². The Bertz CT molecular complexity index is 316. The topological polar surface area (TPSA) is 34.1 Å². The monoisotopic (exact) mass is 296 g/mol. The average Bonchev–Trinajstić information content (AvgIpc) is 2.72. The molecule has 0 saturated carbocycles. The molecule has 1 N–H and O–H groups in total. The minimum Gasteiger partial charge on any atom is -0.376 e. The summed E-state index contributed by atoms with van der Waals surface area (Å²) in [7, 11) is 0. The molecule has 0 spiro atoms. The highest BCUT2D eigenvalue weighted by Crippen LogP contribution is 2.18. The van der Waals surface area contributed by atoms with Crippen LogP contribution >= 0.6 is 35.3 Å². The van der Waals surface area contributed by atoms with Gasteiger partial charge in [-0.05, 0) is 25.8 Å². The van der Waals surface area contributed by atoms with Gasteiger partial charge in [0, 0.05) is 18.8 Å². The molecular formula is C11H18Cl2N2OS. The largest absolute Gasteiger partial charge is 0.376 e. The molecule has 1 unspecified atom stereocenters. The molecular weight excluding hydrogens is 279 g/mol. The predicted molar refractivity (Wildman–Crippen MR) is 74.3 cm³/mol. The zero-order valence-corrected chi connectivity index (χ0v) is 12.0. The minimum absolute atomic E-state index is 0. The second-order valence-corrected chi connectivity index (χ2v) is 5.76. The Kier molecular flexibility index (Phi) is 7.39. The molecule has 1 saturated heterocycles. The molecule has 0 bridgehead atoms. The molecule has 0 aliphatic carbocycles. The number of rotatable bonds is 5. The van der Waals surface area contributed by atoms with E-state index in [4.69, 9.17) is 16.3 Å². The van der Waals surface area contributed by atoms with E-state index in [1.54, 1.807) is 6.20 Å². The summed E-state index contributed by atoms with van der Waals surface area (Å²) >= 11 is 7.22. The van der Waals surface area contributed by atoms with E-state index in [1.165, 1.54) is 30.6 Å². The summed E-state index contributed by atoms with van der Waals surface area (Å²) in [6, 6.07) is 0.652. The van der Waals surface area contributed by atoms with Crippen LogP contribution in [0.5, 0.6) is 0 Å². The Hall–Kier alpha value is 0.130. The van der Waals surface area contributed by atoms with Gasteiger partial charge in [0.1, 0.15) is 0 Å². The van der Waals surface area contributed by atoms with Gasteiger partial charge >= 0.3 is 0 Å². The third-order valence-electron chi connectivity index (χ3n) is 2.79. The molecule has 6 heteroatoms. The van der Waals surface area contributed by atoms with Crippen molar-refractivity contribution in [2.24, 2.45) is 0 Å². The normalized spacial score (nSPS) is 19.9. The van der Waals surface area contributed by atoms with Gasteiger partial charge < -0.3 is 10.1 Å². The molecule has 0 amide bonds. The zero-order chi connectivity index (χ0) is 11.2. The lowest BCUT2D eigenvalue weighted by atomic mass is 10.0. The van der Waals surface area contributed by atoms with Gasteiger partial charge in [-0.2, -0.15) is 0 Å². The number of thiazole rings is 1. The van der Waals surface area contributed by atoms with Crippen LogP contribution in [0, 0.1) is 0 Å². The maximum Gasteiger partial charge on any atom is 0.183 e. The first-order chi connectivity index (χ1) is 7.84. The molecule has 1 fully saturated rings. The van der Waals surface area contributed by atoms with Crippen molar-refractivity contribution < 1.29 is 4.74 Å². The summed E-state index contributed by atoms with van der Waals surface area (Å²) in [5.41, 5.74) is 0. The fourth-order valence-corrected chi connectivity index (χ4v) is 2.83. The van der Waals surface area contributed by atoms with E-state index >= 15 is 0 Å². The van der Waals surface area contributed by atoms with Crippen LogP contribution in [0.3, 0.4) is 0 Å². The van der Waals surface area contributed by atoms with Crippen LogP contribution < -0.4 is 5.32 Å². The number of hydrogen-bond donors (Lipinski definition) is 1. The molecule has 17 heavy (non-hydrogen) atoms. The van der Waals surface area contributed by atoms with Crippen LogP contribution in [-0.2, 0) is 11.3 Å². The number of nitrogens with one attached hydrogen (secondary N) is 1. The number of aromatic nitrogens is 1. The van der Waals surface area contributed by atoms with E-state index in [9.17, 15) is 0 Å². The van der Waals surface area contributed by atoms with Crippen molar-refractivity contribution in [3.8, 4) is 0 Å². The minimum atomic E-state index is 0. The highest BCUT2D eigenvalue weighted by Gasteiger charge is 2.11. The van der Waals surface area contributed by atoms with Crippen molar-refractivity contribution in [3.05, 3.63) is 15.5 Å². The van der Waals surface area contributed by atoms with Crippen molar-refractivity contribution in [3.63, 3.8) is 0 Å². The van der Waals surface area contributed by atoms with Crippen LogP contribution in [0.15, 0.2) is 6.20 Å². The third kappa shape index (κ3) is 5.53. The Morgan fingerprint density at radius 2 is 2.41 bits per heavy atom. The summed E-state index contributed by atoms with van der Waals surface area (Å²) in [5, 5.41) is 3.51. The molecule has 0 aromatic carbocycles. The number of halogens is 2. The molecule has 1 aliphatic rings. The van der Waals surface area contributed by atoms with Crippen LogP contribution in [-0.4, -0.2) is 24.2 Å². The van der Waals surface area contributed by atoms with Gasteiger partial charge in [0.15, 0.2) is 4.47 Å². The van der Waals surface area contributed by atoms with Crippen molar-refractivity contribution >= 4 is 35.3 Å². The molecule has 2 rings (SSSR count). The van der Waals surface area contributed by atoms with E-state index in [1.807, 2.05) is 0 Å². The lowest BCUT2D eigenvalue weighted by Crippen LogP contribution is -2.34. The second kappa shape index (κ2) is 8.27. The number of nitrogens with zero attached hydrogens (tertiary/aromatic N) is 1.